The molecule has 1 aromatic heterocycles. The molecule has 2 rings (SSSR count). The molecule has 0 aliphatic heterocycles. The second kappa shape index (κ2) is 6.63. The van der Waals surface area contributed by atoms with Gasteiger partial charge in [-0.05, 0) is 30.8 Å². The highest BCUT2D eigenvalue weighted by atomic mass is 32.1. The third kappa shape index (κ3) is 4.01. The lowest BCUT2D eigenvalue weighted by Gasteiger charge is -2.05. The molecule has 0 saturated heterocycles. The third-order valence-corrected chi connectivity index (χ3v) is 3.59. The van der Waals surface area contributed by atoms with Crippen molar-refractivity contribution in [2.45, 2.75) is 20.1 Å². The van der Waals surface area contributed by atoms with E-state index in [2.05, 4.69) is 5.32 Å². The van der Waals surface area contributed by atoms with Gasteiger partial charge in [-0.1, -0.05) is 6.92 Å². The van der Waals surface area contributed by atoms with E-state index >= 15 is 0 Å². The van der Waals surface area contributed by atoms with E-state index in [0.29, 0.717) is 0 Å². The lowest BCUT2D eigenvalue weighted by Crippen LogP contribution is -2.10. The molecule has 0 amide bonds. The number of halogens is 2. The highest BCUT2D eigenvalue weighted by Gasteiger charge is 2.06. The molecule has 0 aliphatic carbocycles. The Morgan fingerprint density at radius 3 is 2.74 bits per heavy atom. The van der Waals surface area contributed by atoms with Crippen molar-refractivity contribution in [3.63, 3.8) is 0 Å². The number of hydrogen-bond donors (Lipinski definition) is 1. The van der Waals surface area contributed by atoms with Crippen LogP contribution in [0.4, 0.5) is 8.78 Å². The van der Waals surface area contributed by atoms with E-state index in [-0.39, 0.29) is 12.4 Å². The van der Waals surface area contributed by atoms with E-state index in [4.69, 9.17) is 4.74 Å². The molecule has 1 heterocycles. The van der Waals surface area contributed by atoms with Gasteiger partial charge >= 0.3 is 0 Å². The molecule has 0 radical (unpaired) electrons. The van der Waals surface area contributed by atoms with Crippen LogP contribution >= 0.6 is 11.3 Å². The Labute approximate surface area is 115 Å². The number of hydrogen-bond acceptors (Lipinski definition) is 3. The topological polar surface area (TPSA) is 21.3 Å². The van der Waals surface area contributed by atoms with E-state index in [1.165, 1.54) is 4.88 Å². The highest BCUT2D eigenvalue weighted by molar-refractivity contribution is 7.11. The van der Waals surface area contributed by atoms with Crippen molar-refractivity contribution in [3.05, 3.63) is 51.7 Å². The van der Waals surface area contributed by atoms with Crippen LogP contribution in [0.1, 0.15) is 16.7 Å². The molecule has 2 nitrogen and oxygen atoms in total. The zero-order valence-electron chi connectivity index (χ0n) is 10.6. The Balaban J connectivity index is 1.94. The monoisotopic (exact) mass is 283 g/mol. The lowest BCUT2D eigenvalue weighted by molar-refractivity contribution is 0.291. The van der Waals surface area contributed by atoms with E-state index < -0.39 is 11.6 Å². The summed E-state index contributed by atoms with van der Waals surface area (Å²) in [5.74, 6) is -1.11. The summed E-state index contributed by atoms with van der Waals surface area (Å²) < 4.78 is 31.6. The molecule has 102 valence electrons. The fourth-order valence-electron chi connectivity index (χ4n) is 1.58. The first-order chi connectivity index (χ1) is 9.19. The maximum absolute atomic E-state index is 13.3. The number of benzene rings is 1. The zero-order valence-corrected chi connectivity index (χ0v) is 11.4. The van der Waals surface area contributed by atoms with Crippen LogP contribution in [0, 0.1) is 11.6 Å². The molecule has 0 fully saturated rings. The van der Waals surface area contributed by atoms with Crippen molar-refractivity contribution < 1.29 is 13.5 Å². The quantitative estimate of drug-likeness (QED) is 0.872. The molecule has 0 aliphatic rings. The maximum atomic E-state index is 13.3. The van der Waals surface area contributed by atoms with Gasteiger partial charge in [0, 0.05) is 22.4 Å². The first-order valence-corrected chi connectivity index (χ1v) is 6.87. The summed E-state index contributed by atoms with van der Waals surface area (Å²) in [6.07, 6.45) is 0. The molecule has 1 aromatic carbocycles. The van der Waals surface area contributed by atoms with Crippen molar-refractivity contribution in [2.75, 3.05) is 6.54 Å². The van der Waals surface area contributed by atoms with Gasteiger partial charge in [-0.25, -0.2) is 8.78 Å². The molecule has 19 heavy (non-hydrogen) atoms. The van der Waals surface area contributed by atoms with Gasteiger partial charge in [-0.15, -0.1) is 11.3 Å². The Bertz CT molecular complexity index is 542. The summed E-state index contributed by atoms with van der Waals surface area (Å²) in [6, 6.07) is 7.14. The minimum Gasteiger partial charge on any atom is -0.485 e. The van der Waals surface area contributed by atoms with Crippen LogP contribution in [0.25, 0.3) is 0 Å². The van der Waals surface area contributed by atoms with Crippen LogP contribution in [0.15, 0.2) is 30.3 Å². The summed E-state index contributed by atoms with van der Waals surface area (Å²) in [7, 11) is 0. The predicted octanol–water partition coefficient (Wildman–Crippen LogP) is 3.71. The summed E-state index contributed by atoms with van der Waals surface area (Å²) in [5.41, 5.74) is 0. The third-order valence-electron chi connectivity index (χ3n) is 2.53. The summed E-state index contributed by atoms with van der Waals surface area (Å²) >= 11 is 1.60. The summed E-state index contributed by atoms with van der Waals surface area (Å²) in [5, 5.41) is 3.23. The number of nitrogens with one attached hydrogen (secondary N) is 1. The molecule has 0 saturated carbocycles. The van der Waals surface area contributed by atoms with Gasteiger partial charge in [0.2, 0.25) is 0 Å². The molecule has 5 heteroatoms. The minimum atomic E-state index is -0.550. The molecule has 0 bridgehead atoms. The molecule has 0 atom stereocenters. The van der Waals surface area contributed by atoms with Gasteiger partial charge in [0.25, 0.3) is 0 Å². The Morgan fingerprint density at radius 2 is 1.95 bits per heavy atom. The largest absolute Gasteiger partial charge is 0.485 e. The Hall–Kier alpha value is -1.46. The number of ether oxygens (including phenoxy) is 1. The van der Waals surface area contributed by atoms with Crippen LogP contribution in [0.5, 0.6) is 5.75 Å². The number of thiophene rings is 1. The Kier molecular flexibility index (Phi) is 4.87. The van der Waals surface area contributed by atoms with Crippen molar-refractivity contribution in [1.29, 1.82) is 0 Å². The predicted molar refractivity (Wildman–Crippen MR) is 72.4 cm³/mol. The van der Waals surface area contributed by atoms with E-state index in [1.54, 1.807) is 11.3 Å². The fourth-order valence-corrected chi connectivity index (χ4v) is 2.48. The van der Waals surface area contributed by atoms with Gasteiger partial charge in [0.05, 0.1) is 0 Å². The van der Waals surface area contributed by atoms with Gasteiger partial charge in [0.15, 0.2) is 11.6 Å². The summed E-state index contributed by atoms with van der Waals surface area (Å²) in [4.78, 5) is 2.18. The molecular formula is C14H15F2NOS. The lowest BCUT2D eigenvalue weighted by atomic mass is 10.3. The second-order valence-corrected chi connectivity index (χ2v) is 5.26. The minimum absolute atomic E-state index is 0.0540. The zero-order chi connectivity index (χ0) is 13.7. The van der Waals surface area contributed by atoms with E-state index in [9.17, 15) is 8.78 Å². The van der Waals surface area contributed by atoms with Gasteiger partial charge < -0.3 is 10.1 Å². The maximum Gasteiger partial charge on any atom is 0.165 e. The summed E-state index contributed by atoms with van der Waals surface area (Å²) in [6.45, 7) is 4.02. The smallest absolute Gasteiger partial charge is 0.165 e. The van der Waals surface area contributed by atoms with Crippen LogP contribution < -0.4 is 10.1 Å². The van der Waals surface area contributed by atoms with Crippen molar-refractivity contribution in [3.8, 4) is 5.75 Å². The Morgan fingerprint density at radius 1 is 1.16 bits per heavy atom. The average Bonchev–Trinajstić information content (AvgIpc) is 2.85. The average molecular weight is 283 g/mol. The molecule has 2 aromatic rings. The second-order valence-electron chi connectivity index (χ2n) is 4.01. The first-order valence-electron chi connectivity index (χ1n) is 6.05. The van der Waals surface area contributed by atoms with Crippen LogP contribution in [-0.2, 0) is 13.2 Å². The fraction of sp³-hybridized carbons (Fsp3) is 0.286. The molecule has 1 N–H and O–H groups in total. The highest BCUT2D eigenvalue weighted by Crippen LogP contribution is 2.22. The molecule has 0 spiro atoms. The van der Waals surface area contributed by atoms with Gasteiger partial charge in [-0.2, -0.15) is 0 Å². The van der Waals surface area contributed by atoms with Crippen LogP contribution in [-0.4, -0.2) is 6.54 Å². The van der Waals surface area contributed by atoms with Crippen LogP contribution in [0.3, 0.4) is 0 Å². The van der Waals surface area contributed by atoms with E-state index in [0.717, 1.165) is 36.2 Å². The standard InChI is InChI=1S/C14H15F2NOS/c1-2-17-8-11-4-5-12(19-11)9-18-14-7-10(15)3-6-13(14)16/h3-7,17H,2,8-9H2,1H3. The SMILES string of the molecule is CCNCc1ccc(COc2cc(F)ccc2F)s1. The number of rotatable bonds is 6. The van der Waals surface area contributed by atoms with Crippen molar-refractivity contribution >= 4 is 11.3 Å². The normalized spacial score (nSPS) is 10.7. The molecule has 0 unspecified atom stereocenters. The van der Waals surface area contributed by atoms with Gasteiger partial charge in [-0.3, -0.25) is 0 Å². The van der Waals surface area contributed by atoms with Crippen molar-refractivity contribution in [2.24, 2.45) is 0 Å². The first kappa shape index (κ1) is 14.0. The van der Waals surface area contributed by atoms with Crippen molar-refractivity contribution in [1.82, 2.24) is 5.32 Å². The molecular weight excluding hydrogens is 268 g/mol. The van der Waals surface area contributed by atoms with Gasteiger partial charge in [0.1, 0.15) is 12.4 Å². The van der Waals surface area contributed by atoms with E-state index in [1.807, 2.05) is 19.1 Å². The van der Waals surface area contributed by atoms with Crippen LogP contribution in [0.2, 0.25) is 0 Å².